The van der Waals surface area contributed by atoms with Crippen molar-refractivity contribution in [2.75, 3.05) is 19.6 Å². The summed E-state index contributed by atoms with van der Waals surface area (Å²) in [5.74, 6) is 0. The number of piperazine rings is 1. The highest BCUT2D eigenvalue weighted by molar-refractivity contribution is 5.28. The number of fused-ring (bicyclic) bond motifs is 1. The maximum Gasteiger partial charge on any atom is 0.0418 e. The van der Waals surface area contributed by atoms with E-state index in [4.69, 9.17) is 0 Å². The molecule has 0 spiro atoms. The summed E-state index contributed by atoms with van der Waals surface area (Å²) in [5, 5.41) is 3.41. The van der Waals surface area contributed by atoms with Crippen LogP contribution in [0.1, 0.15) is 12.8 Å². The Kier molecular flexibility index (Phi) is 1.93. The maximum absolute atomic E-state index is 4.08. The van der Waals surface area contributed by atoms with E-state index in [-0.39, 0.29) is 0 Å². The Balaban J connectivity index is 2.13. The van der Waals surface area contributed by atoms with Gasteiger partial charge in [-0.15, -0.1) is 0 Å². The van der Waals surface area contributed by atoms with Crippen LogP contribution in [0.15, 0.2) is 24.4 Å². The van der Waals surface area contributed by atoms with Crippen LogP contribution in [0.2, 0.25) is 0 Å². The predicted molar refractivity (Wildman–Crippen MR) is 50.9 cm³/mol. The lowest BCUT2D eigenvalue weighted by Gasteiger charge is -2.43. The first-order valence-electron chi connectivity index (χ1n) is 4.63. The first kappa shape index (κ1) is 7.87. The molecule has 2 fully saturated rings. The highest BCUT2D eigenvalue weighted by Crippen LogP contribution is 2.28. The van der Waals surface area contributed by atoms with Gasteiger partial charge in [0.15, 0.2) is 0 Å². The van der Waals surface area contributed by atoms with E-state index in [0.717, 1.165) is 26.1 Å². The van der Waals surface area contributed by atoms with Gasteiger partial charge >= 0.3 is 0 Å². The normalized spacial score (nSPS) is 30.3. The molecule has 66 valence electrons. The monoisotopic (exact) mass is 164 g/mol. The molecule has 0 aromatic rings. The van der Waals surface area contributed by atoms with Crippen LogP contribution in [0.3, 0.4) is 0 Å². The molecule has 2 nitrogen and oxygen atoms in total. The van der Waals surface area contributed by atoms with E-state index in [1.165, 1.54) is 17.7 Å². The van der Waals surface area contributed by atoms with Gasteiger partial charge in [0.25, 0.3) is 0 Å². The molecule has 2 aliphatic rings. The van der Waals surface area contributed by atoms with Gasteiger partial charge in [-0.3, -0.25) is 0 Å². The molecule has 2 rings (SSSR count). The van der Waals surface area contributed by atoms with Crippen LogP contribution in [0.4, 0.5) is 0 Å². The molecule has 0 aromatic carbocycles. The lowest BCUT2D eigenvalue weighted by molar-refractivity contribution is 0.186. The summed E-state index contributed by atoms with van der Waals surface area (Å²) in [5.41, 5.74) is 2.40. The van der Waals surface area contributed by atoms with Crippen LogP contribution >= 0.6 is 0 Å². The van der Waals surface area contributed by atoms with Crippen molar-refractivity contribution in [1.82, 2.24) is 10.2 Å². The summed E-state index contributed by atoms with van der Waals surface area (Å²) in [6.45, 7) is 11.4. The van der Waals surface area contributed by atoms with Gasteiger partial charge in [0.2, 0.25) is 0 Å². The van der Waals surface area contributed by atoms with Crippen molar-refractivity contribution in [3.8, 4) is 0 Å². The van der Waals surface area contributed by atoms with E-state index in [1.54, 1.807) is 0 Å². The smallest absolute Gasteiger partial charge is 0.0418 e. The molecule has 2 saturated heterocycles. The third-order valence-electron chi connectivity index (χ3n) is 2.88. The zero-order chi connectivity index (χ0) is 8.55. The number of piperidine rings is 1. The van der Waals surface area contributed by atoms with Crippen LogP contribution in [-0.2, 0) is 0 Å². The van der Waals surface area contributed by atoms with Crippen molar-refractivity contribution in [2.24, 2.45) is 0 Å². The van der Waals surface area contributed by atoms with Gasteiger partial charge in [-0.25, -0.2) is 0 Å². The molecular formula is C10H16N2. The first-order chi connectivity index (χ1) is 5.79. The SMILES string of the molecule is C=C1CCC2CNCCN2C1=C. The minimum atomic E-state index is 0.678. The van der Waals surface area contributed by atoms with Crippen LogP contribution < -0.4 is 5.32 Å². The van der Waals surface area contributed by atoms with E-state index in [1.807, 2.05) is 0 Å². The average molecular weight is 164 g/mol. The number of nitrogens with one attached hydrogen (secondary N) is 1. The first-order valence-corrected chi connectivity index (χ1v) is 4.63. The van der Waals surface area contributed by atoms with Crippen LogP contribution in [0, 0.1) is 0 Å². The molecule has 2 aliphatic heterocycles. The molecular weight excluding hydrogens is 148 g/mol. The van der Waals surface area contributed by atoms with Gasteiger partial charge in [0.1, 0.15) is 0 Å². The second-order valence-electron chi connectivity index (χ2n) is 3.64. The van der Waals surface area contributed by atoms with Crippen LogP contribution in [0.5, 0.6) is 0 Å². The number of allylic oxidation sites excluding steroid dienone is 1. The van der Waals surface area contributed by atoms with Gasteiger partial charge in [0.05, 0.1) is 0 Å². The molecule has 0 aliphatic carbocycles. The Labute approximate surface area is 73.9 Å². The average Bonchev–Trinajstić information content (AvgIpc) is 2.12. The van der Waals surface area contributed by atoms with Gasteiger partial charge in [-0.2, -0.15) is 0 Å². The van der Waals surface area contributed by atoms with Crippen molar-refractivity contribution in [3.63, 3.8) is 0 Å². The van der Waals surface area contributed by atoms with Crippen molar-refractivity contribution in [2.45, 2.75) is 18.9 Å². The Morgan fingerprint density at radius 2 is 2.25 bits per heavy atom. The summed E-state index contributed by atoms with van der Waals surface area (Å²) >= 11 is 0. The number of hydrogen-bond acceptors (Lipinski definition) is 2. The molecule has 0 bridgehead atoms. The maximum atomic E-state index is 4.08. The summed E-state index contributed by atoms with van der Waals surface area (Å²) < 4.78 is 0. The summed E-state index contributed by atoms with van der Waals surface area (Å²) in [4.78, 5) is 2.41. The second-order valence-corrected chi connectivity index (χ2v) is 3.64. The van der Waals surface area contributed by atoms with Crippen molar-refractivity contribution >= 4 is 0 Å². The molecule has 1 N–H and O–H groups in total. The number of hydrogen-bond donors (Lipinski definition) is 1. The molecule has 1 unspecified atom stereocenters. The largest absolute Gasteiger partial charge is 0.366 e. The van der Waals surface area contributed by atoms with E-state index in [2.05, 4.69) is 23.4 Å². The van der Waals surface area contributed by atoms with Crippen LogP contribution in [0.25, 0.3) is 0 Å². The minimum absolute atomic E-state index is 0.678. The van der Waals surface area contributed by atoms with Crippen LogP contribution in [-0.4, -0.2) is 30.6 Å². The van der Waals surface area contributed by atoms with E-state index in [9.17, 15) is 0 Å². The Hall–Kier alpha value is -0.760. The highest BCUT2D eigenvalue weighted by Gasteiger charge is 2.27. The van der Waals surface area contributed by atoms with Crippen molar-refractivity contribution in [3.05, 3.63) is 24.4 Å². The Bertz CT molecular complexity index is 220. The zero-order valence-corrected chi connectivity index (χ0v) is 7.47. The topological polar surface area (TPSA) is 15.3 Å². The Morgan fingerprint density at radius 1 is 1.42 bits per heavy atom. The predicted octanol–water partition coefficient (Wildman–Crippen LogP) is 1.12. The quantitative estimate of drug-likeness (QED) is 0.577. The van der Waals surface area contributed by atoms with Crippen molar-refractivity contribution < 1.29 is 0 Å². The van der Waals surface area contributed by atoms with Gasteiger partial charge in [0, 0.05) is 31.4 Å². The van der Waals surface area contributed by atoms with E-state index in [0.29, 0.717) is 6.04 Å². The Morgan fingerprint density at radius 3 is 3.08 bits per heavy atom. The second kappa shape index (κ2) is 2.94. The fraction of sp³-hybridized carbons (Fsp3) is 0.600. The lowest BCUT2D eigenvalue weighted by Crippen LogP contribution is -2.52. The summed E-state index contributed by atoms with van der Waals surface area (Å²) in [6.07, 6.45) is 2.37. The third kappa shape index (κ3) is 1.16. The lowest BCUT2D eigenvalue weighted by atomic mass is 9.95. The molecule has 0 radical (unpaired) electrons. The minimum Gasteiger partial charge on any atom is -0.366 e. The molecule has 0 aromatic heterocycles. The van der Waals surface area contributed by atoms with E-state index >= 15 is 0 Å². The third-order valence-corrected chi connectivity index (χ3v) is 2.88. The number of rotatable bonds is 0. The van der Waals surface area contributed by atoms with E-state index < -0.39 is 0 Å². The van der Waals surface area contributed by atoms with Gasteiger partial charge in [-0.1, -0.05) is 13.2 Å². The highest BCUT2D eigenvalue weighted by atomic mass is 15.2. The fourth-order valence-electron chi connectivity index (χ4n) is 2.06. The standard InChI is InChI=1S/C10H16N2/c1-8-3-4-10-7-11-5-6-12(10)9(8)2/h10-11H,1-7H2. The summed E-state index contributed by atoms with van der Waals surface area (Å²) in [6, 6.07) is 0.678. The molecule has 1 atom stereocenters. The molecule has 2 heterocycles. The van der Waals surface area contributed by atoms with Gasteiger partial charge in [-0.05, 0) is 18.4 Å². The molecule has 2 heteroatoms. The van der Waals surface area contributed by atoms with Gasteiger partial charge < -0.3 is 10.2 Å². The number of nitrogens with zero attached hydrogens (tertiary/aromatic N) is 1. The molecule has 12 heavy (non-hydrogen) atoms. The zero-order valence-electron chi connectivity index (χ0n) is 7.47. The molecule has 0 saturated carbocycles. The van der Waals surface area contributed by atoms with Crippen molar-refractivity contribution in [1.29, 1.82) is 0 Å². The summed E-state index contributed by atoms with van der Waals surface area (Å²) in [7, 11) is 0. The molecule has 0 amide bonds. The fourth-order valence-corrected chi connectivity index (χ4v) is 2.06.